The number of hydrogen-bond donors (Lipinski definition) is 1. The maximum atomic E-state index is 13.2. The molecule has 0 aromatic heterocycles. The molecule has 1 amide bonds. The minimum atomic E-state index is -0.878. The van der Waals surface area contributed by atoms with Crippen LogP contribution in [0.3, 0.4) is 0 Å². The summed E-state index contributed by atoms with van der Waals surface area (Å²) < 4.78 is 5.71. The van der Waals surface area contributed by atoms with Crippen molar-refractivity contribution < 1.29 is 19.4 Å². The van der Waals surface area contributed by atoms with E-state index in [0.717, 1.165) is 0 Å². The van der Waals surface area contributed by atoms with E-state index < -0.39 is 17.7 Å². The Morgan fingerprint density at radius 3 is 2.18 bits per heavy atom. The topological polar surface area (TPSA) is 90.6 Å². The maximum absolute atomic E-state index is 13.2. The number of carbonyl (C=O) groups is 2. The molecule has 170 valence electrons. The van der Waals surface area contributed by atoms with Crippen LogP contribution in [0, 0.1) is 11.3 Å². The largest absolute Gasteiger partial charge is 0.507 e. The zero-order valence-electron chi connectivity index (χ0n) is 18.5. The summed E-state index contributed by atoms with van der Waals surface area (Å²) >= 11 is 5.97. The quantitative estimate of drug-likeness (QED) is 0.295. The van der Waals surface area contributed by atoms with Gasteiger partial charge in [0.1, 0.15) is 11.5 Å². The number of aliphatic hydroxyl groups excluding tert-OH is 1. The van der Waals surface area contributed by atoms with Crippen molar-refractivity contribution in [3.63, 3.8) is 0 Å². The zero-order valence-corrected chi connectivity index (χ0v) is 19.3. The third-order valence-corrected chi connectivity index (χ3v) is 5.66. The van der Waals surface area contributed by atoms with Crippen LogP contribution in [0.5, 0.6) is 5.75 Å². The zero-order chi connectivity index (χ0) is 24.4. The van der Waals surface area contributed by atoms with E-state index in [1.807, 2.05) is 19.9 Å². The number of Topliss-reactive ketones (excluding diaryl/α,β-unsaturated/α-hetero) is 1. The highest BCUT2D eigenvalue weighted by Crippen LogP contribution is 2.42. The molecular weight excluding hydrogens is 452 g/mol. The number of anilines is 1. The van der Waals surface area contributed by atoms with E-state index in [0.29, 0.717) is 33.1 Å². The van der Waals surface area contributed by atoms with E-state index in [4.69, 9.17) is 21.6 Å². The van der Waals surface area contributed by atoms with Gasteiger partial charge in [0.2, 0.25) is 0 Å². The lowest BCUT2D eigenvalue weighted by Gasteiger charge is -2.25. The predicted octanol–water partition coefficient (Wildman–Crippen LogP) is 5.63. The van der Waals surface area contributed by atoms with Crippen molar-refractivity contribution in [3.8, 4) is 11.8 Å². The SMILES string of the molecule is CC(C)Oc1ccc(C2/C(=C(\O)c3ccc(Cl)cc3)C(=O)C(=O)N2c2ccc(C#N)cc2)cc1. The summed E-state index contributed by atoms with van der Waals surface area (Å²) in [6.07, 6.45) is -0.0139. The van der Waals surface area contributed by atoms with Crippen LogP contribution < -0.4 is 9.64 Å². The molecule has 1 unspecified atom stereocenters. The molecule has 1 aliphatic rings. The highest BCUT2D eigenvalue weighted by atomic mass is 35.5. The molecule has 0 aliphatic carbocycles. The van der Waals surface area contributed by atoms with Crippen molar-refractivity contribution in [1.29, 1.82) is 5.26 Å². The fraction of sp³-hybridized carbons (Fsp3) is 0.148. The minimum Gasteiger partial charge on any atom is -0.507 e. The van der Waals surface area contributed by atoms with Crippen molar-refractivity contribution in [2.45, 2.75) is 26.0 Å². The van der Waals surface area contributed by atoms with Crippen LogP contribution in [0.15, 0.2) is 78.4 Å². The standard InChI is InChI=1S/C27H21ClN2O4/c1-16(2)34-22-13-7-18(8-14-22)24-23(25(31)19-5-9-20(28)10-6-19)26(32)27(33)30(24)21-11-3-17(15-29)4-12-21/h3-14,16,24,31H,1-2H3/b25-23+. The summed E-state index contributed by atoms with van der Waals surface area (Å²) in [7, 11) is 0. The molecule has 34 heavy (non-hydrogen) atoms. The van der Waals surface area contributed by atoms with Gasteiger partial charge in [-0.25, -0.2) is 0 Å². The average molecular weight is 473 g/mol. The van der Waals surface area contributed by atoms with Crippen molar-refractivity contribution >= 4 is 34.7 Å². The molecule has 6 nitrogen and oxygen atoms in total. The van der Waals surface area contributed by atoms with E-state index in [9.17, 15) is 14.7 Å². The number of rotatable bonds is 5. The Balaban J connectivity index is 1.88. The Labute approximate surface area is 202 Å². The fourth-order valence-electron chi connectivity index (χ4n) is 3.87. The monoisotopic (exact) mass is 472 g/mol. The maximum Gasteiger partial charge on any atom is 0.300 e. The molecule has 3 aromatic carbocycles. The molecule has 1 heterocycles. The van der Waals surface area contributed by atoms with E-state index in [1.165, 1.54) is 4.90 Å². The molecule has 0 spiro atoms. The van der Waals surface area contributed by atoms with Crippen LogP contribution >= 0.6 is 11.6 Å². The number of nitrogens with zero attached hydrogens (tertiary/aromatic N) is 2. The number of ketones is 1. The van der Waals surface area contributed by atoms with Gasteiger partial charge in [-0.3, -0.25) is 14.5 Å². The third kappa shape index (κ3) is 4.39. The molecule has 4 rings (SSSR count). The molecule has 1 aliphatic heterocycles. The summed E-state index contributed by atoms with van der Waals surface area (Å²) in [5, 5.41) is 20.7. The van der Waals surface area contributed by atoms with Gasteiger partial charge in [0.05, 0.1) is 29.4 Å². The summed E-state index contributed by atoms with van der Waals surface area (Å²) in [4.78, 5) is 27.7. The molecule has 1 fully saturated rings. The van der Waals surface area contributed by atoms with Gasteiger partial charge in [0.25, 0.3) is 11.7 Å². The molecular formula is C27H21ClN2O4. The summed E-state index contributed by atoms with van der Waals surface area (Å²) in [5.74, 6) is -1.22. The van der Waals surface area contributed by atoms with Gasteiger partial charge in [-0.1, -0.05) is 23.7 Å². The van der Waals surface area contributed by atoms with Crippen LogP contribution in [-0.4, -0.2) is 22.9 Å². The number of amides is 1. The van der Waals surface area contributed by atoms with Gasteiger partial charge in [-0.2, -0.15) is 5.26 Å². The number of carbonyl (C=O) groups excluding carboxylic acids is 2. The van der Waals surface area contributed by atoms with Gasteiger partial charge >= 0.3 is 0 Å². The van der Waals surface area contributed by atoms with Crippen LogP contribution in [0.4, 0.5) is 5.69 Å². The lowest BCUT2D eigenvalue weighted by atomic mass is 9.95. The van der Waals surface area contributed by atoms with Gasteiger partial charge in [-0.15, -0.1) is 0 Å². The first-order valence-corrected chi connectivity index (χ1v) is 11.0. The molecule has 1 atom stereocenters. The van der Waals surface area contributed by atoms with E-state index in [-0.39, 0.29) is 17.4 Å². The number of aliphatic hydroxyl groups is 1. The van der Waals surface area contributed by atoms with Gasteiger partial charge < -0.3 is 9.84 Å². The first-order valence-electron chi connectivity index (χ1n) is 10.6. The van der Waals surface area contributed by atoms with E-state index >= 15 is 0 Å². The summed E-state index contributed by atoms with van der Waals surface area (Å²) in [6, 6.07) is 20.9. The number of halogens is 1. The number of benzene rings is 3. The van der Waals surface area contributed by atoms with Crippen LogP contribution in [0.1, 0.15) is 36.6 Å². The number of hydrogen-bond acceptors (Lipinski definition) is 5. The lowest BCUT2D eigenvalue weighted by Crippen LogP contribution is -2.29. The molecule has 1 N–H and O–H groups in total. The van der Waals surface area contributed by atoms with Gasteiger partial charge in [0, 0.05) is 16.3 Å². The second-order valence-corrected chi connectivity index (χ2v) is 8.51. The van der Waals surface area contributed by atoms with Crippen LogP contribution in [0.2, 0.25) is 5.02 Å². The second-order valence-electron chi connectivity index (χ2n) is 8.07. The van der Waals surface area contributed by atoms with Crippen LogP contribution in [-0.2, 0) is 9.59 Å². The van der Waals surface area contributed by atoms with Gasteiger partial charge in [-0.05, 0) is 80.1 Å². The second kappa shape index (κ2) is 9.42. The normalized spacial score (nSPS) is 17.1. The highest BCUT2D eigenvalue weighted by Gasteiger charge is 2.47. The molecule has 0 bridgehead atoms. The molecule has 1 saturated heterocycles. The molecule has 3 aromatic rings. The van der Waals surface area contributed by atoms with Crippen molar-refractivity contribution in [2.24, 2.45) is 0 Å². The summed E-state index contributed by atoms with van der Waals surface area (Å²) in [6.45, 7) is 3.83. The van der Waals surface area contributed by atoms with Crippen LogP contribution in [0.25, 0.3) is 5.76 Å². The number of ether oxygens (including phenoxy) is 1. The molecule has 0 saturated carbocycles. The fourth-order valence-corrected chi connectivity index (χ4v) is 4.00. The van der Waals surface area contributed by atoms with Crippen molar-refractivity contribution in [2.75, 3.05) is 4.90 Å². The van der Waals surface area contributed by atoms with E-state index in [1.54, 1.807) is 72.8 Å². The van der Waals surface area contributed by atoms with Crippen molar-refractivity contribution in [1.82, 2.24) is 0 Å². The number of nitriles is 1. The summed E-state index contributed by atoms with van der Waals surface area (Å²) in [5.41, 5.74) is 1.81. The average Bonchev–Trinajstić information content (AvgIpc) is 3.09. The molecule has 7 heteroatoms. The first kappa shape index (κ1) is 23.1. The van der Waals surface area contributed by atoms with Gasteiger partial charge in [0.15, 0.2) is 0 Å². The Morgan fingerprint density at radius 2 is 1.62 bits per heavy atom. The Kier molecular flexibility index (Phi) is 6.40. The lowest BCUT2D eigenvalue weighted by molar-refractivity contribution is -0.132. The Morgan fingerprint density at radius 1 is 1.00 bits per heavy atom. The highest BCUT2D eigenvalue weighted by molar-refractivity contribution is 6.51. The minimum absolute atomic E-state index is 0.0139. The van der Waals surface area contributed by atoms with Crippen molar-refractivity contribution in [3.05, 3.63) is 100 Å². The van der Waals surface area contributed by atoms with E-state index in [2.05, 4.69) is 0 Å². The first-order chi connectivity index (χ1) is 16.3. The molecule has 0 radical (unpaired) electrons. The Bertz CT molecular complexity index is 1300. The Hall–Kier alpha value is -4.08. The smallest absolute Gasteiger partial charge is 0.300 e. The third-order valence-electron chi connectivity index (χ3n) is 5.40. The predicted molar refractivity (Wildman–Crippen MR) is 130 cm³/mol.